The van der Waals surface area contributed by atoms with Crippen LogP contribution < -0.4 is 10.0 Å². The minimum Gasteiger partial charge on any atom is -0.468 e. The Morgan fingerprint density at radius 2 is 2.00 bits per heavy atom. The van der Waals surface area contributed by atoms with Gasteiger partial charge in [-0.2, -0.15) is 0 Å². The highest BCUT2D eigenvalue weighted by molar-refractivity contribution is 7.90. The topological polar surface area (TPSA) is 104 Å². The van der Waals surface area contributed by atoms with Crippen LogP contribution in [0.4, 0.5) is 0 Å². The molecule has 2 atom stereocenters. The minimum absolute atomic E-state index is 0.117. The van der Waals surface area contributed by atoms with Gasteiger partial charge in [-0.15, -0.1) is 0 Å². The van der Waals surface area contributed by atoms with E-state index in [9.17, 15) is 13.2 Å². The fourth-order valence-corrected chi connectivity index (χ4v) is 4.61. The Bertz CT molecular complexity index is 1000. The molecule has 2 aromatic rings. The third-order valence-electron chi connectivity index (χ3n) is 5.05. The maximum absolute atomic E-state index is 13.0. The summed E-state index contributed by atoms with van der Waals surface area (Å²) in [5.41, 5.74) is 0.494. The Balaban J connectivity index is 1.79. The molecule has 2 N–H and O–H groups in total. The number of likely N-dealkylation sites (N-methyl/N-ethyl adjacent to an activating group) is 1. The van der Waals surface area contributed by atoms with Gasteiger partial charge in [0.05, 0.1) is 17.2 Å². The second-order valence-electron chi connectivity index (χ2n) is 7.48. The van der Waals surface area contributed by atoms with Crippen molar-refractivity contribution in [2.24, 2.45) is 4.99 Å². The van der Waals surface area contributed by atoms with E-state index < -0.39 is 16.1 Å². The van der Waals surface area contributed by atoms with Crippen LogP contribution in [0, 0.1) is 0 Å². The number of sulfonamides is 1. The number of nitrogens with zero attached hydrogens (tertiary/aromatic N) is 2. The van der Waals surface area contributed by atoms with Gasteiger partial charge in [0.15, 0.2) is 0 Å². The van der Waals surface area contributed by atoms with E-state index in [-0.39, 0.29) is 22.7 Å². The number of fused-ring (bicyclic) bond motifs is 1. The Hall–Kier alpha value is -2.65. The first kappa shape index (κ1) is 22.0. The zero-order valence-corrected chi connectivity index (χ0v) is 18.3. The van der Waals surface area contributed by atoms with E-state index >= 15 is 0 Å². The molecule has 1 aromatic heterocycles. The van der Waals surface area contributed by atoms with Crippen molar-refractivity contribution < 1.29 is 17.6 Å². The molecule has 2 heterocycles. The number of hydrogen-bond donors (Lipinski definition) is 2. The number of furan rings is 1. The van der Waals surface area contributed by atoms with Gasteiger partial charge in [-0.1, -0.05) is 31.9 Å². The highest BCUT2D eigenvalue weighted by Crippen LogP contribution is 2.23. The summed E-state index contributed by atoms with van der Waals surface area (Å²) in [5.74, 6) is 0.740. The van der Waals surface area contributed by atoms with Crippen molar-refractivity contribution >= 4 is 21.8 Å². The van der Waals surface area contributed by atoms with Gasteiger partial charge in [0.2, 0.25) is 5.91 Å². The molecular weight excluding hydrogens is 404 g/mol. The number of benzene rings is 1. The lowest BCUT2D eigenvalue weighted by Crippen LogP contribution is -2.40. The first-order valence-corrected chi connectivity index (χ1v) is 11.5. The third-order valence-corrected chi connectivity index (χ3v) is 6.44. The number of rotatable bonds is 9. The number of hydrogen-bond acceptors (Lipinski definition) is 6. The number of carbonyl (C=O) groups excluding carboxylic acids is 1. The smallest absolute Gasteiger partial charge is 0.263 e. The van der Waals surface area contributed by atoms with Gasteiger partial charge in [0.25, 0.3) is 10.0 Å². The van der Waals surface area contributed by atoms with Gasteiger partial charge < -0.3 is 9.73 Å². The predicted octanol–water partition coefficient (Wildman–Crippen LogP) is 2.30. The molecule has 0 aliphatic carbocycles. The second kappa shape index (κ2) is 9.44. The predicted molar refractivity (Wildman–Crippen MR) is 115 cm³/mol. The van der Waals surface area contributed by atoms with E-state index in [0.717, 1.165) is 18.6 Å². The molecule has 0 spiro atoms. The average molecular weight is 433 g/mol. The van der Waals surface area contributed by atoms with Gasteiger partial charge in [-0.3, -0.25) is 19.4 Å². The lowest BCUT2D eigenvalue weighted by Gasteiger charge is -2.23. The van der Waals surface area contributed by atoms with Crippen LogP contribution in [0.2, 0.25) is 0 Å². The van der Waals surface area contributed by atoms with Crippen molar-refractivity contribution in [1.82, 2.24) is 14.9 Å². The first-order chi connectivity index (χ1) is 14.3. The van der Waals surface area contributed by atoms with Gasteiger partial charge in [-0.25, -0.2) is 8.42 Å². The average Bonchev–Trinajstić information content (AvgIpc) is 3.32. The number of amides is 1. The van der Waals surface area contributed by atoms with E-state index in [1.807, 2.05) is 38.1 Å². The van der Waals surface area contributed by atoms with E-state index in [4.69, 9.17) is 4.42 Å². The molecule has 9 heteroatoms. The quantitative estimate of drug-likeness (QED) is 0.633. The Morgan fingerprint density at radius 1 is 1.23 bits per heavy atom. The van der Waals surface area contributed by atoms with Crippen molar-refractivity contribution in [3.8, 4) is 0 Å². The standard InChI is InChI=1S/C21H28N4O4S/c1-4-5-10-16(21(26)22-14-17(25(2)3)18-11-8-13-29-18)23-20-15-9-6-7-12-19(15)30(27,28)24-20/h6-9,11-13,16-17H,4-5,10,14H2,1-3H3,(H,22,26)(H,23,24). The molecule has 0 bridgehead atoms. The molecular formula is C21H28N4O4S. The fourth-order valence-electron chi connectivity index (χ4n) is 3.37. The zero-order chi connectivity index (χ0) is 21.7. The monoisotopic (exact) mass is 432 g/mol. The van der Waals surface area contributed by atoms with Crippen molar-refractivity contribution in [3.63, 3.8) is 0 Å². The van der Waals surface area contributed by atoms with E-state index in [0.29, 0.717) is 18.5 Å². The molecule has 0 radical (unpaired) electrons. The van der Waals surface area contributed by atoms with Gasteiger partial charge >= 0.3 is 0 Å². The lowest BCUT2D eigenvalue weighted by molar-refractivity contribution is -0.122. The molecule has 0 fully saturated rings. The molecule has 1 amide bonds. The normalized spacial score (nSPS) is 18.1. The van der Waals surface area contributed by atoms with Crippen LogP contribution in [0.25, 0.3) is 0 Å². The molecule has 8 nitrogen and oxygen atoms in total. The summed E-state index contributed by atoms with van der Waals surface area (Å²) < 4.78 is 32.7. The van der Waals surface area contributed by atoms with Crippen molar-refractivity contribution in [1.29, 1.82) is 0 Å². The van der Waals surface area contributed by atoms with Gasteiger partial charge in [-0.05, 0) is 44.8 Å². The van der Waals surface area contributed by atoms with E-state index in [1.54, 1.807) is 24.5 Å². The summed E-state index contributed by atoms with van der Waals surface area (Å²) in [6, 6.07) is 9.53. The molecule has 0 saturated heterocycles. The molecule has 0 saturated carbocycles. The largest absolute Gasteiger partial charge is 0.468 e. The highest BCUT2D eigenvalue weighted by Gasteiger charge is 2.32. The minimum atomic E-state index is -3.64. The number of nitrogens with one attached hydrogen (secondary N) is 2. The molecule has 1 aromatic carbocycles. The summed E-state index contributed by atoms with van der Waals surface area (Å²) in [6.07, 6.45) is 3.85. The maximum Gasteiger partial charge on any atom is 0.263 e. The van der Waals surface area contributed by atoms with Crippen LogP contribution in [-0.4, -0.2) is 51.7 Å². The molecule has 3 rings (SSSR count). The molecule has 30 heavy (non-hydrogen) atoms. The van der Waals surface area contributed by atoms with E-state index in [1.165, 1.54) is 6.07 Å². The molecule has 2 unspecified atom stereocenters. The third kappa shape index (κ3) is 4.91. The molecule has 162 valence electrons. The van der Waals surface area contributed by atoms with Gasteiger partial charge in [0.1, 0.15) is 17.6 Å². The van der Waals surface area contributed by atoms with E-state index in [2.05, 4.69) is 15.0 Å². The van der Waals surface area contributed by atoms with Crippen molar-refractivity contribution in [2.45, 2.75) is 43.2 Å². The number of carbonyl (C=O) groups is 1. The van der Waals surface area contributed by atoms with Crippen LogP contribution in [0.3, 0.4) is 0 Å². The lowest BCUT2D eigenvalue weighted by atomic mass is 10.1. The van der Waals surface area contributed by atoms with Crippen LogP contribution in [0.15, 0.2) is 57.0 Å². The maximum atomic E-state index is 13.0. The highest BCUT2D eigenvalue weighted by atomic mass is 32.2. The Morgan fingerprint density at radius 3 is 2.67 bits per heavy atom. The summed E-state index contributed by atoms with van der Waals surface area (Å²) in [6.45, 7) is 2.39. The SMILES string of the molecule is CCCCC(N=C1NS(=O)(=O)c2ccccc21)C(=O)NCC(c1ccco1)N(C)C. The van der Waals surface area contributed by atoms with Crippen LogP contribution >= 0.6 is 0 Å². The molecule has 1 aliphatic rings. The number of amidine groups is 1. The van der Waals surface area contributed by atoms with Crippen LogP contribution in [0.5, 0.6) is 0 Å². The Kier molecular flexibility index (Phi) is 6.94. The second-order valence-corrected chi connectivity index (χ2v) is 9.13. The van der Waals surface area contributed by atoms with Crippen LogP contribution in [0.1, 0.15) is 43.6 Å². The molecule has 1 aliphatic heterocycles. The first-order valence-electron chi connectivity index (χ1n) is 10.0. The van der Waals surface area contributed by atoms with Crippen molar-refractivity contribution in [2.75, 3.05) is 20.6 Å². The Labute approximate surface area is 177 Å². The summed E-state index contributed by atoms with van der Waals surface area (Å²) in [4.78, 5) is 19.6. The summed E-state index contributed by atoms with van der Waals surface area (Å²) in [7, 11) is 0.185. The van der Waals surface area contributed by atoms with Crippen molar-refractivity contribution in [3.05, 3.63) is 54.0 Å². The summed E-state index contributed by atoms with van der Waals surface area (Å²) in [5, 5.41) is 2.96. The van der Waals surface area contributed by atoms with Crippen LogP contribution in [-0.2, 0) is 14.8 Å². The van der Waals surface area contributed by atoms with Gasteiger partial charge in [0, 0.05) is 12.1 Å². The zero-order valence-electron chi connectivity index (χ0n) is 17.5. The summed E-state index contributed by atoms with van der Waals surface area (Å²) >= 11 is 0. The number of aliphatic imine (C=N–C) groups is 1. The fraction of sp³-hybridized carbons (Fsp3) is 0.429. The number of unbranched alkanes of at least 4 members (excludes halogenated alkanes) is 1.